The number of unbranched alkanes of at least 4 members (excludes halogenated alkanes) is 1. The monoisotopic (exact) mass is 413 g/mol. The number of methoxy groups -OCH3 is 2. The van der Waals surface area contributed by atoms with Crippen molar-refractivity contribution in [1.29, 1.82) is 0 Å². The van der Waals surface area contributed by atoms with Gasteiger partial charge in [0.1, 0.15) is 0 Å². The van der Waals surface area contributed by atoms with Crippen molar-refractivity contribution in [3.63, 3.8) is 0 Å². The number of nitrogens with zero attached hydrogens (tertiary/aromatic N) is 3. The average molecular weight is 414 g/mol. The van der Waals surface area contributed by atoms with Gasteiger partial charge in [0.15, 0.2) is 17.3 Å². The number of thiophene rings is 1. The Morgan fingerprint density at radius 3 is 2.79 bits per heavy atom. The number of benzene rings is 1. The Bertz CT molecular complexity index is 939. The van der Waals surface area contributed by atoms with E-state index in [2.05, 4.69) is 51.6 Å². The first-order valence-electron chi connectivity index (χ1n) is 10.1. The maximum Gasteiger partial charge on any atom is 0.240 e. The minimum absolute atomic E-state index is 0.129. The second kappa shape index (κ2) is 8.97. The molecule has 0 saturated heterocycles. The molecule has 4 rings (SSSR count). The fourth-order valence-electron chi connectivity index (χ4n) is 3.91. The quantitative estimate of drug-likeness (QED) is 0.536. The van der Waals surface area contributed by atoms with Crippen LogP contribution in [0, 0.1) is 0 Å². The predicted molar refractivity (Wildman–Crippen MR) is 113 cm³/mol. The Balaban J connectivity index is 1.66. The summed E-state index contributed by atoms with van der Waals surface area (Å²) in [4.78, 5) is 8.32. The first kappa shape index (κ1) is 19.9. The van der Waals surface area contributed by atoms with Crippen LogP contribution in [0.4, 0.5) is 0 Å². The Kier molecular flexibility index (Phi) is 6.16. The normalized spacial score (nSPS) is 16.6. The molecule has 0 fully saturated rings. The van der Waals surface area contributed by atoms with Crippen molar-refractivity contribution in [3.8, 4) is 11.5 Å². The van der Waals surface area contributed by atoms with Crippen molar-refractivity contribution in [3.05, 3.63) is 57.4 Å². The Labute approximate surface area is 175 Å². The van der Waals surface area contributed by atoms with E-state index in [0.29, 0.717) is 12.4 Å². The Morgan fingerprint density at radius 2 is 2.07 bits per heavy atom. The summed E-state index contributed by atoms with van der Waals surface area (Å²) in [5.41, 5.74) is 2.55. The zero-order valence-electron chi connectivity index (χ0n) is 17.2. The third kappa shape index (κ3) is 4.16. The topological polar surface area (TPSA) is 60.6 Å². The molecule has 29 heavy (non-hydrogen) atoms. The van der Waals surface area contributed by atoms with Crippen molar-refractivity contribution in [2.75, 3.05) is 20.8 Å². The third-order valence-electron chi connectivity index (χ3n) is 5.39. The van der Waals surface area contributed by atoms with Crippen molar-refractivity contribution in [2.24, 2.45) is 0 Å². The maximum atomic E-state index is 5.58. The van der Waals surface area contributed by atoms with Gasteiger partial charge in [0, 0.05) is 17.8 Å². The molecule has 6 nitrogen and oxygen atoms in total. The van der Waals surface area contributed by atoms with E-state index in [4.69, 9.17) is 14.0 Å². The van der Waals surface area contributed by atoms with Crippen LogP contribution in [0.15, 0.2) is 34.2 Å². The number of hydrogen-bond donors (Lipinski definition) is 0. The van der Waals surface area contributed by atoms with Gasteiger partial charge in [0.05, 0.1) is 26.8 Å². The predicted octanol–water partition coefficient (Wildman–Crippen LogP) is 4.64. The molecule has 0 saturated carbocycles. The number of hydrogen-bond acceptors (Lipinski definition) is 7. The van der Waals surface area contributed by atoms with E-state index in [9.17, 15) is 0 Å². The van der Waals surface area contributed by atoms with Gasteiger partial charge >= 0.3 is 0 Å². The van der Waals surface area contributed by atoms with E-state index in [1.807, 2.05) is 0 Å². The summed E-state index contributed by atoms with van der Waals surface area (Å²) in [5, 5.41) is 6.28. The van der Waals surface area contributed by atoms with Crippen molar-refractivity contribution in [2.45, 2.75) is 45.2 Å². The van der Waals surface area contributed by atoms with Crippen LogP contribution in [0.5, 0.6) is 11.5 Å². The molecule has 0 amide bonds. The van der Waals surface area contributed by atoms with Gasteiger partial charge in [-0.05, 0) is 47.5 Å². The lowest BCUT2D eigenvalue weighted by Crippen LogP contribution is -2.35. The summed E-state index contributed by atoms with van der Waals surface area (Å²) < 4.78 is 16.7. The van der Waals surface area contributed by atoms with Crippen LogP contribution in [-0.4, -0.2) is 35.8 Å². The molecule has 1 aromatic carbocycles. The summed E-state index contributed by atoms with van der Waals surface area (Å²) in [5.74, 6) is 3.02. The first-order chi connectivity index (χ1) is 14.2. The van der Waals surface area contributed by atoms with Gasteiger partial charge < -0.3 is 14.0 Å². The molecule has 3 aromatic rings. The average Bonchev–Trinajstić information content (AvgIpc) is 3.43. The molecule has 0 radical (unpaired) electrons. The molecule has 3 heterocycles. The van der Waals surface area contributed by atoms with E-state index in [1.54, 1.807) is 25.6 Å². The van der Waals surface area contributed by atoms with Gasteiger partial charge in [-0.15, -0.1) is 11.3 Å². The third-order valence-corrected chi connectivity index (χ3v) is 6.31. The molecule has 0 spiro atoms. The highest BCUT2D eigenvalue weighted by Gasteiger charge is 2.32. The minimum Gasteiger partial charge on any atom is -0.493 e. The Morgan fingerprint density at radius 1 is 1.24 bits per heavy atom. The molecule has 0 N–H and O–H groups in total. The van der Waals surface area contributed by atoms with Crippen molar-refractivity contribution >= 4 is 11.3 Å². The molecular formula is C22H27N3O3S. The van der Waals surface area contributed by atoms with Crippen LogP contribution in [0.1, 0.15) is 53.5 Å². The van der Waals surface area contributed by atoms with Crippen LogP contribution in [0.25, 0.3) is 0 Å². The zero-order chi connectivity index (χ0) is 20.2. The highest BCUT2D eigenvalue weighted by atomic mass is 32.1. The lowest BCUT2D eigenvalue weighted by atomic mass is 9.91. The molecule has 1 aliphatic rings. The number of aryl methyl sites for hydroxylation is 1. The van der Waals surface area contributed by atoms with Crippen molar-refractivity contribution in [1.82, 2.24) is 15.0 Å². The van der Waals surface area contributed by atoms with Crippen LogP contribution in [-0.2, 0) is 19.4 Å². The maximum absolute atomic E-state index is 5.58. The summed E-state index contributed by atoms with van der Waals surface area (Å²) in [7, 11) is 3.36. The van der Waals surface area contributed by atoms with Crippen LogP contribution in [0.2, 0.25) is 0 Å². The lowest BCUT2D eigenvalue weighted by Gasteiger charge is -2.36. The van der Waals surface area contributed by atoms with Crippen LogP contribution < -0.4 is 9.47 Å². The van der Waals surface area contributed by atoms with Gasteiger partial charge in [0.25, 0.3) is 0 Å². The molecule has 1 unspecified atom stereocenters. The molecule has 7 heteroatoms. The zero-order valence-corrected chi connectivity index (χ0v) is 18.0. The number of fused-ring (bicyclic) bond motifs is 1. The summed E-state index contributed by atoms with van der Waals surface area (Å²) >= 11 is 1.77. The highest BCUT2D eigenvalue weighted by molar-refractivity contribution is 7.10. The van der Waals surface area contributed by atoms with Crippen LogP contribution in [0.3, 0.4) is 0 Å². The van der Waals surface area contributed by atoms with Gasteiger partial charge in [-0.2, -0.15) is 4.98 Å². The van der Waals surface area contributed by atoms with Gasteiger partial charge in [-0.25, -0.2) is 0 Å². The SMILES string of the molecule is CCCCc1noc(CN2CCc3cc(OC)c(OC)cc3C2c2cccs2)n1. The summed E-state index contributed by atoms with van der Waals surface area (Å²) in [6, 6.07) is 8.65. The second-order valence-electron chi connectivity index (χ2n) is 7.25. The van der Waals surface area contributed by atoms with E-state index < -0.39 is 0 Å². The fraction of sp³-hybridized carbons (Fsp3) is 0.455. The van der Waals surface area contributed by atoms with Gasteiger partial charge in [0.2, 0.25) is 5.89 Å². The summed E-state index contributed by atoms with van der Waals surface area (Å²) in [6.45, 7) is 3.72. The molecular weight excluding hydrogens is 386 g/mol. The number of rotatable bonds is 8. The second-order valence-corrected chi connectivity index (χ2v) is 8.23. The summed E-state index contributed by atoms with van der Waals surface area (Å²) in [6.07, 6.45) is 4.01. The molecule has 1 aliphatic heterocycles. The highest BCUT2D eigenvalue weighted by Crippen LogP contribution is 2.42. The first-order valence-corrected chi connectivity index (χ1v) is 10.9. The minimum atomic E-state index is 0.129. The van der Waals surface area contributed by atoms with Crippen LogP contribution >= 0.6 is 11.3 Å². The van der Waals surface area contributed by atoms with Gasteiger partial charge in [-0.1, -0.05) is 24.6 Å². The van der Waals surface area contributed by atoms with E-state index in [0.717, 1.165) is 49.6 Å². The molecule has 154 valence electrons. The van der Waals surface area contributed by atoms with Crippen molar-refractivity contribution < 1.29 is 14.0 Å². The molecule has 1 atom stereocenters. The molecule has 0 aliphatic carbocycles. The number of aromatic nitrogens is 2. The van der Waals surface area contributed by atoms with E-state index in [1.165, 1.54) is 16.0 Å². The number of ether oxygens (including phenoxy) is 2. The largest absolute Gasteiger partial charge is 0.493 e. The standard InChI is InChI=1S/C22H27N3O3S/c1-4-5-8-20-23-21(28-24-20)14-25-10-9-15-12-17(26-2)18(27-3)13-16(15)22(25)19-7-6-11-29-19/h6-7,11-13,22H,4-5,8-10,14H2,1-3H3. The Hall–Kier alpha value is -2.38. The van der Waals surface area contributed by atoms with Gasteiger partial charge in [-0.3, -0.25) is 4.90 Å². The smallest absolute Gasteiger partial charge is 0.240 e. The molecule has 0 bridgehead atoms. The van der Waals surface area contributed by atoms with E-state index >= 15 is 0 Å². The molecule has 2 aromatic heterocycles. The van der Waals surface area contributed by atoms with E-state index in [-0.39, 0.29) is 6.04 Å². The fourth-order valence-corrected chi connectivity index (χ4v) is 4.79. The lowest BCUT2D eigenvalue weighted by molar-refractivity contribution is 0.179.